The lowest BCUT2D eigenvalue weighted by molar-refractivity contribution is -0.116. The van der Waals surface area contributed by atoms with Gasteiger partial charge in [-0.2, -0.15) is 9.61 Å². The third-order valence-electron chi connectivity index (χ3n) is 3.66. The summed E-state index contributed by atoms with van der Waals surface area (Å²) in [5.74, 6) is 0.967. The highest BCUT2D eigenvalue weighted by Gasteiger charge is 2.22. The van der Waals surface area contributed by atoms with Gasteiger partial charge in [0, 0.05) is 29.9 Å². The molecular weight excluding hydrogens is 254 g/mol. The third kappa shape index (κ3) is 1.93. The number of aromatic nitrogens is 3. The van der Waals surface area contributed by atoms with Crippen LogP contribution < -0.4 is 10.6 Å². The molecule has 4 rings (SSSR count). The molecule has 20 heavy (non-hydrogen) atoms. The molecule has 6 heteroatoms. The minimum atomic E-state index is 0.0108. The summed E-state index contributed by atoms with van der Waals surface area (Å²) in [6.45, 7) is 0.714. The van der Waals surface area contributed by atoms with Gasteiger partial charge in [-0.3, -0.25) is 4.79 Å². The topological polar surface area (TPSA) is 71.3 Å². The summed E-state index contributed by atoms with van der Waals surface area (Å²) in [4.78, 5) is 16.0. The normalized spacial score (nSPS) is 20.6. The molecule has 2 aliphatic rings. The van der Waals surface area contributed by atoms with Crippen molar-refractivity contribution in [2.24, 2.45) is 0 Å². The van der Waals surface area contributed by atoms with Crippen LogP contribution in [0.5, 0.6) is 0 Å². The summed E-state index contributed by atoms with van der Waals surface area (Å²) in [7, 11) is 0. The van der Waals surface area contributed by atoms with Crippen molar-refractivity contribution in [3.63, 3.8) is 0 Å². The van der Waals surface area contributed by atoms with E-state index in [4.69, 9.17) is 0 Å². The van der Waals surface area contributed by atoms with Gasteiger partial charge in [0.25, 0.3) is 0 Å². The van der Waals surface area contributed by atoms with E-state index in [1.54, 1.807) is 16.9 Å². The molecule has 0 radical (unpaired) electrons. The van der Waals surface area contributed by atoms with Crippen LogP contribution in [0.15, 0.2) is 24.0 Å². The van der Waals surface area contributed by atoms with E-state index in [-0.39, 0.29) is 5.91 Å². The second-order valence-electron chi connectivity index (χ2n) is 5.26. The number of nitrogens with zero attached hydrogens (tertiary/aromatic N) is 3. The first-order valence-corrected chi connectivity index (χ1v) is 6.89. The van der Waals surface area contributed by atoms with Gasteiger partial charge in [0.2, 0.25) is 5.91 Å². The Kier molecular flexibility index (Phi) is 2.48. The molecule has 6 nitrogen and oxygen atoms in total. The van der Waals surface area contributed by atoms with Crippen molar-refractivity contribution in [2.45, 2.75) is 25.3 Å². The first-order chi connectivity index (χ1) is 9.81. The maximum absolute atomic E-state index is 11.6. The largest absolute Gasteiger partial charge is 0.367 e. The molecule has 1 saturated heterocycles. The first kappa shape index (κ1) is 11.5. The first-order valence-electron chi connectivity index (χ1n) is 6.89. The average molecular weight is 269 g/mol. The number of rotatable bonds is 3. The van der Waals surface area contributed by atoms with Gasteiger partial charge in [-0.1, -0.05) is 0 Å². The van der Waals surface area contributed by atoms with Crippen molar-refractivity contribution < 1.29 is 4.79 Å². The number of fused-ring (bicyclic) bond motifs is 1. The smallest absolute Gasteiger partial charge is 0.247 e. The summed E-state index contributed by atoms with van der Waals surface area (Å²) >= 11 is 0. The lowest BCUT2D eigenvalue weighted by Gasteiger charge is -2.06. The van der Waals surface area contributed by atoms with Crippen LogP contribution in [-0.2, 0) is 4.79 Å². The Bertz CT molecular complexity index is 713. The number of hydrogen-bond acceptors (Lipinski definition) is 4. The van der Waals surface area contributed by atoms with E-state index in [2.05, 4.69) is 20.7 Å². The predicted molar refractivity (Wildman–Crippen MR) is 75.2 cm³/mol. The number of nitrogens with one attached hydrogen (secondary N) is 2. The number of amides is 1. The van der Waals surface area contributed by atoms with Gasteiger partial charge in [0.05, 0.1) is 6.20 Å². The molecule has 3 heterocycles. The maximum Gasteiger partial charge on any atom is 0.247 e. The van der Waals surface area contributed by atoms with Crippen molar-refractivity contribution in [3.05, 3.63) is 29.6 Å². The predicted octanol–water partition coefficient (Wildman–Crippen LogP) is 1.21. The Hall–Kier alpha value is -2.37. The Morgan fingerprint density at radius 1 is 1.45 bits per heavy atom. The molecule has 0 unspecified atom stereocenters. The quantitative estimate of drug-likeness (QED) is 0.822. The van der Waals surface area contributed by atoms with Gasteiger partial charge in [-0.15, -0.1) is 0 Å². The zero-order valence-electron chi connectivity index (χ0n) is 11.0. The molecule has 0 bridgehead atoms. The zero-order chi connectivity index (χ0) is 13.5. The van der Waals surface area contributed by atoms with Gasteiger partial charge in [0.1, 0.15) is 5.82 Å². The second kappa shape index (κ2) is 4.33. The Balaban J connectivity index is 1.75. The van der Waals surface area contributed by atoms with E-state index < -0.39 is 0 Å². The molecule has 2 aromatic heterocycles. The highest BCUT2D eigenvalue weighted by molar-refractivity contribution is 6.00. The Morgan fingerprint density at radius 2 is 2.35 bits per heavy atom. The molecule has 0 spiro atoms. The van der Waals surface area contributed by atoms with Crippen molar-refractivity contribution in [3.8, 4) is 0 Å². The van der Waals surface area contributed by atoms with Crippen LogP contribution in [0.2, 0.25) is 0 Å². The van der Waals surface area contributed by atoms with Crippen molar-refractivity contribution >= 4 is 23.4 Å². The van der Waals surface area contributed by atoms with Crippen molar-refractivity contribution in [1.82, 2.24) is 19.9 Å². The SMILES string of the molecule is O=C1NCCC1=Cc1cnn2c(NC3CC3)ccnc12. The van der Waals surface area contributed by atoms with Crippen LogP contribution in [0.3, 0.4) is 0 Å². The maximum atomic E-state index is 11.6. The molecule has 1 aliphatic heterocycles. The van der Waals surface area contributed by atoms with Crippen molar-refractivity contribution in [1.29, 1.82) is 0 Å². The summed E-state index contributed by atoms with van der Waals surface area (Å²) in [6, 6.07) is 2.49. The summed E-state index contributed by atoms with van der Waals surface area (Å²) < 4.78 is 1.80. The molecule has 0 atom stereocenters. The Labute approximate surface area is 115 Å². The number of anilines is 1. The van der Waals surface area contributed by atoms with Gasteiger partial charge in [-0.05, 0) is 31.4 Å². The fourth-order valence-corrected chi connectivity index (χ4v) is 2.42. The van der Waals surface area contributed by atoms with E-state index >= 15 is 0 Å². The van der Waals surface area contributed by atoms with Crippen LogP contribution in [0.1, 0.15) is 24.8 Å². The van der Waals surface area contributed by atoms with Gasteiger partial charge in [-0.25, -0.2) is 4.98 Å². The van der Waals surface area contributed by atoms with E-state index in [0.29, 0.717) is 12.6 Å². The van der Waals surface area contributed by atoms with E-state index in [0.717, 1.165) is 29.0 Å². The molecule has 0 aromatic carbocycles. The Morgan fingerprint density at radius 3 is 3.10 bits per heavy atom. The minimum absolute atomic E-state index is 0.0108. The molecular formula is C14H15N5O. The van der Waals surface area contributed by atoms with Crippen LogP contribution in [-0.4, -0.2) is 33.1 Å². The van der Waals surface area contributed by atoms with Crippen LogP contribution in [0.25, 0.3) is 11.7 Å². The van der Waals surface area contributed by atoms with Gasteiger partial charge in [0.15, 0.2) is 5.65 Å². The standard InChI is InChI=1S/C14H15N5O/c20-14-9(3-5-16-14)7-10-8-17-19-12(18-11-1-2-11)4-6-15-13(10)19/h4,6-8,11,18H,1-3,5H2,(H,16,20). The molecule has 2 aromatic rings. The highest BCUT2D eigenvalue weighted by Crippen LogP contribution is 2.25. The molecule has 1 amide bonds. The monoisotopic (exact) mass is 269 g/mol. The summed E-state index contributed by atoms with van der Waals surface area (Å²) in [6.07, 6.45) is 8.61. The number of hydrogen-bond donors (Lipinski definition) is 2. The van der Waals surface area contributed by atoms with E-state index in [9.17, 15) is 4.79 Å². The lowest BCUT2D eigenvalue weighted by atomic mass is 10.1. The summed E-state index contributed by atoms with van der Waals surface area (Å²) in [5, 5.41) is 10.6. The summed E-state index contributed by atoms with van der Waals surface area (Å²) in [5.41, 5.74) is 2.46. The average Bonchev–Trinajstić information content (AvgIpc) is 3.03. The minimum Gasteiger partial charge on any atom is -0.367 e. The third-order valence-corrected chi connectivity index (χ3v) is 3.66. The van der Waals surface area contributed by atoms with Gasteiger partial charge >= 0.3 is 0 Å². The van der Waals surface area contributed by atoms with Crippen molar-refractivity contribution in [2.75, 3.05) is 11.9 Å². The highest BCUT2D eigenvalue weighted by atomic mass is 16.1. The number of carbonyl (C=O) groups is 1. The fourth-order valence-electron chi connectivity index (χ4n) is 2.42. The molecule has 1 aliphatic carbocycles. The van der Waals surface area contributed by atoms with Crippen LogP contribution in [0.4, 0.5) is 5.82 Å². The second-order valence-corrected chi connectivity index (χ2v) is 5.26. The zero-order valence-corrected chi connectivity index (χ0v) is 11.0. The lowest BCUT2D eigenvalue weighted by Crippen LogP contribution is -2.13. The number of carbonyl (C=O) groups excluding carboxylic acids is 1. The van der Waals surface area contributed by atoms with Crippen LogP contribution in [0, 0.1) is 0 Å². The fraction of sp³-hybridized carbons (Fsp3) is 0.357. The molecule has 102 valence electrons. The molecule has 2 fully saturated rings. The van der Waals surface area contributed by atoms with Crippen LogP contribution >= 0.6 is 0 Å². The molecule has 2 N–H and O–H groups in total. The van der Waals surface area contributed by atoms with E-state index in [1.165, 1.54) is 12.8 Å². The van der Waals surface area contributed by atoms with E-state index in [1.807, 2.05) is 12.1 Å². The molecule has 1 saturated carbocycles. The van der Waals surface area contributed by atoms with Gasteiger partial charge < -0.3 is 10.6 Å².